The fraction of sp³-hybridized carbons (Fsp3) is 0.900. The van der Waals surface area contributed by atoms with Gasteiger partial charge in [-0.25, -0.2) is 0 Å². The van der Waals surface area contributed by atoms with Crippen molar-refractivity contribution >= 4 is 5.91 Å². The van der Waals surface area contributed by atoms with E-state index in [4.69, 9.17) is 0 Å². The van der Waals surface area contributed by atoms with Gasteiger partial charge in [0, 0.05) is 6.42 Å². The molecule has 1 saturated heterocycles. The molecule has 1 fully saturated rings. The van der Waals surface area contributed by atoms with E-state index in [1.54, 1.807) is 0 Å². The summed E-state index contributed by atoms with van der Waals surface area (Å²) in [6, 6.07) is 0. The molecule has 84 valence electrons. The van der Waals surface area contributed by atoms with Gasteiger partial charge < -0.3 is 33.4 Å². The number of carbonyl (C=O) groups excluding carboxylic acids is 1. The summed E-state index contributed by atoms with van der Waals surface area (Å²) in [6.45, 7) is 9.44. The predicted molar refractivity (Wildman–Crippen MR) is 53.3 cm³/mol. The van der Waals surface area contributed by atoms with Crippen LogP contribution in [-0.2, 0) is 4.79 Å². The summed E-state index contributed by atoms with van der Waals surface area (Å²) in [6.07, 6.45) is 0.649. The summed E-state index contributed by atoms with van der Waals surface area (Å²) < 4.78 is 1.12. The van der Waals surface area contributed by atoms with Gasteiger partial charge in [0.2, 0.25) is 5.91 Å². The monoisotopic (exact) mass is 312 g/mol. The normalized spacial score (nSPS) is 20.1. The molecular weight excluding hydrogens is 291 g/mol. The minimum absolute atomic E-state index is 0. The van der Waals surface area contributed by atoms with Gasteiger partial charge in [-0.05, 0) is 6.92 Å². The van der Waals surface area contributed by atoms with Gasteiger partial charge in [0.15, 0.2) is 0 Å². The Morgan fingerprint density at radius 2 is 1.79 bits per heavy atom. The summed E-state index contributed by atoms with van der Waals surface area (Å²) >= 11 is 0. The van der Waals surface area contributed by atoms with E-state index in [-0.39, 0.29) is 24.0 Å². The molecule has 14 heavy (non-hydrogen) atoms. The minimum Gasteiger partial charge on any atom is -1.00 e. The summed E-state index contributed by atoms with van der Waals surface area (Å²) in [5, 5.41) is 0. The van der Waals surface area contributed by atoms with Crippen LogP contribution in [0, 0.1) is 0 Å². The van der Waals surface area contributed by atoms with Crippen LogP contribution in [0.5, 0.6) is 0 Å². The van der Waals surface area contributed by atoms with Crippen LogP contribution in [-0.4, -0.2) is 55.1 Å². The topological polar surface area (TPSA) is 20.3 Å². The zero-order valence-corrected chi connectivity index (χ0v) is 11.6. The first-order valence-electron chi connectivity index (χ1n) is 5.22. The Bertz CT molecular complexity index is 189. The minimum atomic E-state index is 0. The highest BCUT2D eigenvalue weighted by atomic mass is 127. The highest BCUT2D eigenvalue weighted by Gasteiger charge is 2.28. The van der Waals surface area contributed by atoms with Gasteiger partial charge in [0.05, 0.1) is 39.8 Å². The number of hydrogen-bond acceptors (Lipinski definition) is 1. The van der Waals surface area contributed by atoms with E-state index in [9.17, 15) is 4.79 Å². The number of amides is 1. The number of quaternary nitrogens is 1. The molecule has 1 aliphatic rings. The maximum atomic E-state index is 11.4. The number of carbonyl (C=O) groups is 1. The second-order valence-electron chi connectivity index (χ2n) is 4.12. The molecule has 0 radical (unpaired) electrons. The van der Waals surface area contributed by atoms with Gasteiger partial charge in [-0.15, -0.1) is 0 Å². The van der Waals surface area contributed by atoms with E-state index in [0.29, 0.717) is 12.3 Å². The predicted octanol–water partition coefficient (Wildman–Crippen LogP) is -2.29. The SMILES string of the molecule is CCC(=O)N1CC[N+](C)(CC)CC1.[I-]. The lowest BCUT2D eigenvalue weighted by molar-refractivity contribution is -0.911. The molecule has 0 bridgehead atoms. The lowest BCUT2D eigenvalue weighted by Crippen LogP contribution is -3.00. The lowest BCUT2D eigenvalue weighted by Gasteiger charge is -2.41. The molecule has 0 aromatic rings. The lowest BCUT2D eigenvalue weighted by atomic mass is 10.2. The van der Waals surface area contributed by atoms with Gasteiger partial charge in [-0.1, -0.05) is 6.92 Å². The molecule has 0 aliphatic carbocycles. The van der Waals surface area contributed by atoms with Crippen molar-refractivity contribution in [3.05, 3.63) is 0 Å². The van der Waals surface area contributed by atoms with Gasteiger partial charge in [0.25, 0.3) is 0 Å². The first-order valence-corrected chi connectivity index (χ1v) is 5.22. The number of halogens is 1. The molecular formula is C10H21IN2O. The van der Waals surface area contributed by atoms with Crippen LogP contribution in [0.4, 0.5) is 0 Å². The van der Waals surface area contributed by atoms with E-state index >= 15 is 0 Å². The zero-order chi connectivity index (χ0) is 9.90. The van der Waals surface area contributed by atoms with Crippen molar-refractivity contribution in [2.75, 3.05) is 39.8 Å². The Morgan fingerprint density at radius 3 is 2.14 bits per heavy atom. The van der Waals surface area contributed by atoms with Crippen molar-refractivity contribution in [1.82, 2.24) is 4.90 Å². The summed E-state index contributed by atoms with van der Waals surface area (Å²) in [4.78, 5) is 13.4. The first-order chi connectivity index (χ1) is 6.11. The number of nitrogens with zero attached hydrogens (tertiary/aromatic N) is 2. The maximum absolute atomic E-state index is 11.4. The van der Waals surface area contributed by atoms with Crippen LogP contribution in [0.25, 0.3) is 0 Å². The largest absolute Gasteiger partial charge is 1.00 e. The first kappa shape index (κ1) is 14.2. The number of rotatable bonds is 2. The van der Waals surface area contributed by atoms with E-state index in [1.165, 1.54) is 6.54 Å². The van der Waals surface area contributed by atoms with Gasteiger partial charge in [-0.2, -0.15) is 0 Å². The molecule has 0 aromatic carbocycles. The molecule has 1 heterocycles. The van der Waals surface area contributed by atoms with Crippen molar-refractivity contribution in [3.8, 4) is 0 Å². The van der Waals surface area contributed by atoms with Crippen molar-refractivity contribution < 1.29 is 33.3 Å². The van der Waals surface area contributed by atoms with Crippen molar-refractivity contribution in [2.24, 2.45) is 0 Å². The van der Waals surface area contributed by atoms with Crippen LogP contribution < -0.4 is 24.0 Å². The summed E-state index contributed by atoms with van der Waals surface area (Å²) in [5.74, 6) is 0.308. The Labute approximate surface area is 104 Å². The smallest absolute Gasteiger partial charge is 0.222 e. The zero-order valence-electron chi connectivity index (χ0n) is 9.42. The van der Waals surface area contributed by atoms with Crippen molar-refractivity contribution in [1.29, 1.82) is 0 Å². The molecule has 0 N–H and O–H groups in total. The average molecular weight is 312 g/mol. The Morgan fingerprint density at radius 1 is 1.29 bits per heavy atom. The summed E-state index contributed by atoms with van der Waals surface area (Å²) in [7, 11) is 2.27. The maximum Gasteiger partial charge on any atom is 0.222 e. The molecule has 0 spiro atoms. The number of hydrogen-bond donors (Lipinski definition) is 0. The highest BCUT2D eigenvalue weighted by Crippen LogP contribution is 2.10. The Hall–Kier alpha value is 0.160. The number of piperazine rings is 1. The van der Waals surface area contributed by atoms with Crippen molar-refractivity contribution in [2.45, 2.75) is 20.3 Å². The van der Waals surface area contributed by atoms with Crippen molar-refractivity contribution in [3.63, 3.8) is 0 Å². The third-order valence-corrected chi connectivity index (χ3v) is 3.24. The van der Waals surface area contributed by atoms with Gasteiger partial charge in [0.1, 0.15) is 0 Å². The molecule has 1 rings (SSSR count). The van der Waals surface area contributed by atoms with Crippen LogP contribution in [0.1, 0.15) is 20.3 Å². The summed E-state index contributed by atoms with van der Waals surface area (Å²) in [5.41, 5.74) is 0. The van der Waals surface area contributed by atoms with E-state index < -0.39 is 0 Å². The molecule has 1 aliphatic heterocycles. The Kier molecular flexibility index (Phi) is 5.97. The molecule has 0 atom stereocenters. The number of likely N-dealkylation sites (N-methyl/N-ethyl adjacent to an activating group) is 1. The van der Waals surface area contributed by atoms with Crippen LogP contribution in [0.3, 0.4) is 0 Å². The van der Waals surface area contributed by atoms with E-state index in [1.807, 2.05) is 11.8 Å². The fourth-order valence-electron chi connectivity index (χ4n) is 1.74. The fourth-order valence-corrected chi connectivity index (χ4v) is 1.74. The Balaban J connectivity index is 0.00000169. The van der Waals surface area contributed by atoms with E-state index in [2.05, 4.69) is 14.0 Å². The second-order valence-corrected chi connectivity index (χ2v) is 4.12. The third-order valence-electron chi connectivity index (χ3n) is 3.24. The van der Waals surface area contributed by atoms with E-state index in [0.717, 1.165) is 30.7 Å². The molecule has 0 aromatic heterocycles. The standard InChI is InChI=1S/C10H21N2O.HI/c1-4-10(13)11-6-8-12(3,5-2)9-7-11;/h4-9H2,1-3H3;1H/q+1;/p-1. The molecule has 0 saturated carbocycles. The van der Waals surface area contributed by atoms with Gasteiger partial charge in [-0.3, -0.25) is 4.79 Å². The van der Waals surface area contributed by atoms with Gasteiger partial charge >= 0.3 is 0 Å². The van der Waals surface area contributed by atoms with Crippen LogP contribution >= 0.6 is 0 Å². The molecule has 3 nitrogen and oxygen atoms in total. The average Bonchev–Trinajstić information content (AvgIpc) is 2.18. The molecule has 1 amide bonds. The van der Waals surface area contributed by atoms with Crippen LogP contribution in [0.2, 0.25) is 0 Å². The molecule has 4 heteroatoms. The second kappa shape index (κ2) is 5.90. The highest BCUT2D eigenvalue weighted by molar-refractivity contribution is 5.75. The van der Waals surface area contributed by atoms with Crippen LogP contribution in [0.15, 0.2) is 0 Å². The molecule has 0 unspecified atom stereocenters. The third kappa shape index (κ3) is 3.38. The quantitative estimate of drug-likeness (QED) is 0.415.